The van der Waals surface area contributed by atoms with Crippen molar-refractivity contribution in [2.24, 2.45) is 0 Å². The van der Waals surface area contributed by atoms with Crippen LogP contribution in [0.3, 0.4) is 0 Å². The monoisotopic (exact) mass is 278 g/mol. The molecule has 0 bridgehead atoms. The van der Waals surface area contributed by atoms with E-state index in [0.717, 1.165) is 5.56 Å². The lowest BCUT2D eigenvalue weighted by atomic mass is 10.2. The number of hydrogen-bond acceptors (Lipinski definition) is 4. The molecular weight excluding hydrogens is 268 g/mol. The molecule has 0 amide bonds. The molecule has 2 rings (SSSR count). The van der Waals surface area contributed by atoms with Crippen LogP contribution in [-0.2, 0) is 12.5 Å². The molecule has 0 saturated carbocycles. The van der Waals surface area contributed by atoms with E-state index in [9.17, 15) is 10.1 Å². The lowest BCUT2D eigenvalue weighted by Crippen LogP contribution is -1.99. The van der Waals surface area contributed by atoms with Crippen molar-refractivity contribution >= 4 is 17.3 Å². The van der Waals surface area contributed by atoms with Crippen molar-refractivity contribution in [2.75, 3.05) is 0 Å². The van der Waals surface area contributed by atoms with Gasteiger partial charge in [0.05, 0.1) is 4.92 Å². The van der Waals surface area contributed by atoms with Gasteiger partial charge in [0.1, 0.15) is 6.61 Å². The maximum atomic E-state index is 11.0. The van der Waals surface area contributed by atoms with Gasteiger partial charge in [-0.15, -0.1) is 11.6 Å². The fraction of sp³-hybridized carbons (Fsp3) is 0.154. The number of nitrogens with zero attached hydrogens (tertiary/aromatic N) is 2. The Morgan fingerprint density at radius 1 is 1.21 bits per heavy atom. The second-order valence-corrected chi connectivity index (χ2v) is 4.10. The van der Waals surface area contributed by atoms with Gasteiger partial charge in [0.15, 0.2) is 5.75 Å². The number of hydrogen-bond donors (Lipinski definition) is 0. The van der Waals surface area contributed by atoms with E-state index in [1.165, 1.54) is 6.07 Å². The fourth-order valence-corrected chi connectivity index (χ4v) is 1.72. The number of nitro benzene ring substituents is 1. The largest absolute Gasteiger partial charge is 0.482 e. The van der Waals surface area contributed by atoms with Crippen molar-refractivity contribution < 1.29 is 9.66 Å². The minimum absolute atomic E-state index is 0.0767. The average molecular weight is 279 g/mol. The van der Waals surface area contributed by atoms with Crippen molar-refractivity contribution in [1.82, 2.24) is 4.98 Å². The van der Waals surface area contributed by atoms with E-state index in [2.05, 4.69) is 4.98 Å². The molecule has 0 aliphatic carbocycles. The summed E-state index contributed by atoms with van der Waals surface area (Å²) in [6.45, 7) is 0.254. The van der Waals surface area contributed by atoms with Crippen molar-refractivity contribution in [1.29, 1.82) is 0 Å². The molecular formula is C13H11ClN2O3. The third kappa shape index (κ3) is 3.42. The van der Waals surface area contributed by atoms with Crippen LogP contribution < -0.4 is 4.74 Å². The molecule has 2 aromatic rings. The second-order valence-electron chi connectivity index (χ2n) is 3.84. The maximum Gasteiger partial charge on any atom is 0.311 e. The molecule has 19 heavy (non-hydrogen) atoms. The predicted octanol–water partition coefficient (Wildman–Crippen LogP) is 3.31. The molecule has 1 aromatic heterocycles. The van der Waals surface area contributed by atoms with Gasteiger partial charge < -0.3 is 4.74 Å². The van der Waals surface area contributed by atoms with Crippen molar-refractivity contribution in [3.05, 3.63) is 64.0 Å². The van der Waals surface area contributed by atoms with E-state index >= 15 is 0 Å². The van der Waals surface area contributed by atoms with Crippen LogP contribution in [0.2, 0.25) is 0 Å². The molecule has 0 aliphatic heterocycles. The number of ether oxygens (including phenoxy) is 1. The highest BCUT2D eigenvalue weighted by Crippen LogP contribution is 2.29. The Morgan fingerprint density at radius 3 is 2.58 bits per heavy atom. The van der Waals surface area contributed by atoms with E-state index in [0.29, 0.717) is 5.56 Å². The van der Waals surface area contributed by atoms with Crippen LogP contribution in [0.25, 0.3) is 0 Å². The average Bonchev–Trinajstić information content (AvgIpc) is 2.46. The smallest absolute Gasteiger partial charge is 0.311 e. The zero-order chi connectivity index (χ0) is 13.7. The summed E-state index contributed by atoms with van der Waals surface area (Å²) in [5.74, 6) is 0.460. The van der Waals surface area contributed by atoms with Crippen LogP contribution in [0.5, 0.6) is 5.75 Å². The third-order valence-electron chi connectivity index (χ3n) is 2.52. The van der Waals surface area contributed by atoms with Crippen molar-refractivity contribution in [3.63, 3.8) is 0 Å². The Balaban J connectivity index is 2.18. The summed E-state index contributed by atoms with van der Waals surface area (Å²) in [6.07, 6.45) is 3.29. The summed E-state index contributed by atoms with van der Waals surface area (Å²) >= 11 is 5.66. The van der Waals surface area contributed by atoms with E-state index in [-0.39, 0.29) is 23.9 Å². The van der Waals surface area contributed by atoms with Crippen LogP contribution >= 0.6 is 11.6 Å². The highest BCUT2D eigenvalue weighted by Gasteiger charge is 2.15. The quantitative estimate of drug-likeness (QED) is 0.478. The number of rotatable bonds is 5. The molecule has 0 saturated heterocycles. The minimum Gasteiger partial charge on any atom is -0.482 e. The molecule has 0 aliphatic rings. The van der Waals surface area contributed by atoms with Gasteiger partial charge in [0, 0.05) is 24.3 Å². The third-order valence-corrected chi connectivity index (χ3v) is 2.83. The fourth-order valence-electron chi connectivity index (χ4n) is 1.55. The topological polar surface area (TPSA) is 65.3 Å². The van der Waals surface area contributed by atoms with Gasteiger partial charge >= 0.3 is 5.69 Å². The minimum atomic E-state index is -0.474. The van der Waals surface area contributed by atoms with Crippen LogP contribution in [0, 0.1) is 10.1 Å². The van der Waals surface area contributed by atoms with Gasteiger partial charge in [-0.25, -0.2) is 0 Å². The molecule has 0 N–H and O–H groups in total. The predicted molar refractivity (Wildman–Crippen MR) is 71.2 cm³/mol. The van der Waals surface area contributed by atoms with Gasteiger partial charge in [-0.3, -0.25) is 15.1 Å². The normalized spacial score (nSPS) is 10.2. The standard InChI is InChI=1S/C13H11ClN2O3/c14-8-11-1-2-13(12(7-11)16(17)18)19-9-10-3-5-15-6-4-10/h1-7H,8-9H2. The van der Waals surface area contributed by atoms with Crippen molar-refractivity contribution in [2.45, 2.75) is 12.5 Å². The first-order valence-corrected chi connectivity index (χ1v) is 6.09. The highest BCUT2D eigenvalue weighted by molar-refractivity contribution is 6.17. The van der Waals surface area contributed by atoms with Gasteiger partial charge in [-0.2, -0.15) is 0 Å². The molecule has 0 fully saturated rings. The van der Waals surface area contributed by atoms with Gasteiger partial charge in [0.2, 0.25) is 0 Å². The molecule has 0 radical (unpaired) electrons. The van der Waals surface area contributed by atoms with Gasteiger partial charge in [-0.05, 0) is 29.3 Å². The number of halogens is 1. The Morgan fingerprint density at radius 2 is 1.95 bits per heavy atom. The van der Waals surface area contributed by atoms with Crippen LogP contribution in [-0.4, -0.2) is 9.91 Å². The first-order chi connectivity index (χ1) is 9.20. The number of nitro groups is 1. The molecule has 6 heteroatoms. The van der Waals surface area contributed by atoms with E-state index < -0.39 is 4.92 Å². The zero-order valence-electron chi connectivity index (χ0n) is 9.95. The number of pyridine rings is 1. The summed E-state index contributed by atoms with van der Waals surface area (Å²) < 4.78 is 5.47. The van der Waals surface area contributed by atoms with Crippen molar-refractivity contribution in [3.8, 4) is 5.75 Å². The number of benzene rings is 1. The molecule has 0 atom stereocenters. The lowest BCUT2D eigenvalue weighted by molar-refractivity contribution is -0.386. The van der Waals surface area contributed by atoms with Crippen LogP contribution in [0.4, 0.5) is 5.69 Å². The summed E-state index contributed by atoms with van der Waals surface area (Å²) in [7, 11) is 0. The molecule has 5 nitrogen and oxygen atoms in total. The van der Waals surface area contributed by atoms with Gasteiger partial charge in [-0.1, -0.05) is 6.07 Å². The maximum absolute atomic E-state index is 11.0. The Bertz CT molecular complexity index is 575. The summed E-state index contributed by atoms with van der Waals surface area (Å²) in [6, 6.07) is 8.28. The van der Waals surface area contributed by atoms with Crippen LogP contribution in [0.15, 0.2) is 42.7 Å². The number of aromatic nitrogens is 1. The zero-order valence-corrected chi connectivity index (χ0v) is 10.7. The Kier molecular flexibility index (Phi) is 4.30. The molecule has 98 valence electrons. The molecule has 0 spiro atoms. The molecule has 1 aromatic carbocycles. The Hall–Kier alpha value is -2.14. The molecule has 1 heterocycles. The Labute approximate surface area is 115 Å². The highest BCUT2D eigenvalue weighted by atomic mass is 35.5. The number of alkyl halides is 1. The SMILES string of the molecule is O=[N+]([O-])c1cc(CCl)ccc1OCc1ccncc1. The second kappa shape index (κ2) is 6.15. The van der Waals surface area contributed by atoms with E-state index in [1.807, 2.05) is 0 Å². The first kappa shape index (κ1) is 13.3. The van der Waals surface area contributed by atoms with Gasteiger partial charge in [0.25, 0.3) is 0 Å². The summed E-state index contributed by atoms with van der Waals surface area (Å²) in [5.41, 5.74) is 1.50. The molecule has 0 unspecified atom stereocenters. The summed E-state index contributed by atoms with van der Waals surface area (Å²) in [5, 5.41) is 11.0. The van der Waals surface area contributed by atoms with E-state index in [4.69, 9.17) is 16.3 Å². The van der Waals surface area contributed by atoms with E-state index in [1.54, 1.807) is 36.7 Å². The summed E-state index contributed by atoms with van der Waals surface area (Å²) in [4.78, 5) is 14.4. The first-order valence-electron chi connectivity index (χ1n) is 5.55. The lowest BCUT2D eigenvalue weighted by Gasteiger charge is -2.07. The van der Waals surface area contributed by atoms with Crippen LogP contribution in [0.1, 0.15) is 11.1 Å².